The molecule has 0 saturated heterocycles. The van der Waals surface area contributed by atoms with Gasteiger partial charge in [-0.25, -0.2) is 0 Å². The molecule has 0 radical (unpaired) electrons. The van der Waals surface area contributed by atoms with Crippen molar-refractivity contribution in [1.82, 2.24) is 4.98 Å². The van der Waals surface area contributed by atoms with Gasteiger partial charge in [-0.05, 0) is 31.1 Å². The topological polar surface area (TPSA) is 36.7 Å². The van der Waals surface area contributed by atoms with Crippen LogP contribution >= 0.6 is 0 Å². The fraction of sp³-hybridized carbons (Fsp3) is 0.200. The molecule has 0 fully saturated rings. The van der Waals surface area contributed by atoms with E-state index in [4.69, 9.17) is 5.26 Å². The van der Waals surface area contributed by atoms with Gasteiger partial charge in [0.25, 0.3) is 0 Å². The Labute approximate surface area is 72.2 Å². The van der Waals surface area contributed by atoms with Crippen LogP contribution in [0.4, 0.5) is 0 Å². The van der Waals surface area contributed by atoms with Crippen LogP contribution in [0.15, 0.2) is 30.1 Å². The van der Waals surface area contributed by atoms with E-state index in [9.17, 15) is 0 Å². The fourth-order valence-corrected chi connectivity index (χ4v) is 0.885. The Morgan fingerprint density at radius 1 is 1.50 bits per heavy atom. The number of rotatable bonds is 1. The number of nitrogens with zero attached hydrogens (tertiary/aromatic N) is 2. The molecule has 1 aromatic rings. The quantitative estimate of drug-likeness (QED) is 0.588. The summed E-state index contributed by atoms with van der Waals surface area (Å²) in [6.45, 7) is 3.73. The van der Waals surface area contributed by atoms with E-state index in [1.807, 2.05) is 26.0 Å². The molecule has 12 heavy (non-hydrogen) atoms. The minimum Gasteiger partial charge on any atom is -0.264 e. The second-order valence-electron chi connectivity index (χ2n) is 2.60. The van der Waals surface area contributed by atoms with Crippen LogP contribution in [0.1, 0.15) is 19.4 Å². The van der Waals surface area contributed by atoms with Crippen LogP contribution in [0.3, 0.4) is 0 Å². The van der Waals surface area contributed by atoms with E-state index in [1.165, 1.54) is 0 Å². The van der Waals surface area contributed by atoms with E-state index in [0.29, 0.717) is 0 Å². The highest BCUT2D eigenvalue weighted by Crippen LogP contribution is 2.15. The molecular formula is C10H10N2. The number of allylic oxidation sites excluding steroid dienone is 2. The normalized spacial score (nSPS) is 11.8. The Morgan fingerprint density at radius 3 is 2.75 bits per heavy atom. The molecule has 60 valence electrons. The first-order valence-electron chi connectivity index (χ1n) is 3.73. The van der Waals surface area contributed by atoms with Crippen LogP contribution in [0.5, 0.6) is 0 Å². The number of hydrogen-bond acceptors (Lipinski definition) is 2. The van der Waals surface area contributed by atoms with Crippen molar-refractivity contribution in [3.05, 3.63) is 35.7 Å². The fourth-order valence-electron chi connectivity index (χ4n) is 0.885. The van der Waals surface area contributed by atoms with E-state index in [2.05, 4.69) is 11.1 Å². The highest BCUT2D eigenvalue weighted by molar-refractivity contribution is 5.68. The predicted octanol–water partition coefficient (Wildman–Crippen LogP) is 2.40. The van der Waals surface area contributed by atoms with Crippen LogP contribution in [0.2, 0.25) is 0 Å². The molecule has 1 heterocycles. The van der Waals surface area contributed by atoms with Crippen molar-refractivity contribution in [2.45, 2.75) is 13.8 Å². The smallest absolute Gasteiger partial charge is 0.0947 e. The number of aromatic nitrogens is 1. The molecule has 1 rings (SSSR count). The van der Waals surface area contributed by atoms with Gasteiger partial charge in [0.05, 0.1) is 6.07 Å². The van der Waals surface area contributed by atoms with Crippen molar-refractivity contribution in [2.75, 3.05) is 0 Å². The lowest BCUT2D eigenvalue weighted by Crippen LogP contribution is -1.83. The van der Waals surface area contributed by atoms with Gasteiger partial charge in [-0.1, -0.05) is 6.07 Å². The first kappa shape index (κ1) is 8.48. The van der Waals surface area contributed by atoms with Crippen molar-refractivity contribution in [2.24, 2.45) is 0 Å². The third-order valence-electron chi connectivity index (χ3n) is 1.82. The molecule has 0 aliphatic heterocycles. The Morgan fingerprint density at radius 2 is 2.25 bits per heavy atom. The predicted molar refractivity (Wildman–Crippen MR) is 48.1 cm³/mol. The molecule has 0 unspecified atom stereocenters. The lowest BCUT2D eigenvalue weighted by Gasteiger charge is -1.99. The van der Waals surface area contributed by atoms with E-state index in [1.54, 1.807) is 12.4 Å². The summed E-state index contributed by atoms with van der Waals surface area (Å²) in [5.41, 5.74) is 2.74. The molecule has 2 heteroatoms. The Bertz CT molecular complexity index is 331. The highest BCUT2D eigenvalue weighted by atomic mass is 14.6. The van der Waals surface area contributed by atoms with E-state index < -0.39 is 0 Å². The third kappa shape index (κ3) is 1.70. The molecule has 0 atom stereocenters. The summed E-state index contributed by atoms with van der Waals surface area (Å²) in [6, 6.07) is 5.93. The zero-order chi connectivity index (χ0) is 8.97. The summed E-state index contributed by atoms with van der Waals surface area (Å²) in [4.78, 5) is 3.98. The molecule has 0 bridgehead atoms. The van der Waals surface area contributed by atoms with Gasteiger partial charge in [0.15, 0.2) is 0 Å². The average Bonchev–Trinajstić information content (AvgIpc) is 2.17. The minimum absolute atomic E-state index is 0.739. The molecule has 0 N–H and O–H groups in total. The molecule has 0 aliphatic rings. The van der Waals surface area contributed by atoms with E-state index in [-0.39, 0.29) is 0 Å². The van der Waals surface area contributed by atoms with Crippen LogP contribution in [0.25, 0.3) is 5.57 Å². The first-order chi connectivity index (χ1) is 5.75. The van der Waals surface area contributed by atoms with E-state index in [0.717, 1.165) is 16.7 Å². The van der Waals surface area contributed by atoms with Gasteiger partial charge in [-0.15, -0.1) is 0 Å². The van der Waals surface area contributed by atoms with Gasteiger partial charge in [-0.3, -0.25) is 4.98 Å². The Kier molecular flexibility index (Phi) is 2.60. The van der Waals surface area contributed by atoms with Gasteiger partial charge in [0.2, 0.25) is 0 Å². The molecule has 2 nitrogen and oxygen atoms in total. The second kappa shape index (κ2) is 3.68. The Hall–Kier alpha value is -1.62. The molecule has 0 spiro atoms. The zero-order valence-corrected chi connectivity index (χ0v) is 7.20. The SMILES string of the molecule is C/C(C#N)=C(/C)c1cccnc1. The Balaban J connectivity index is 3.11. The molecule has 0 saturated carbocycles. The molecule has 0 amide bonds. The molecule has 1 aromatic heterocycles. The van der Waals surface area contributed by atoms with Crippen molar-refractivity contribution in [1.29, 1.82) is 5.26 Å². The van der Waals surface area contributed by atoms with Crippen molar-refractivity contribution in [3.63, 3.8) is 0 Å². The summed E-state index contributed by atoms with van der Waals surface area (Å²) < 4.78 is 0. The van der Waals surface area contributed by atoms with Crippen LogP contribution in [-0.4, -0.2) is 4.98 Å². The lowest BCUT2D eigenvalue weighted by molar-refractivity contribution is 1.30. The van der Waals surface area contributed by atoms with Crippen LogP contribution < -0.4 is 0 Å². The van der Waals surface area contributed by atoms with Crippen molar-refractivity contribution < 1.29 is 0 Å². The summed E-state index contributed by atoms with van der Waals surface area (Å²) in [7, 11) is 0. The maximum absolute atomic E-state index is 8.64. The van der Waals surface area contributed by atoms with Crippen LogP contribution in [0, 0.1) is 11.3 Å². The van der Waals surface area contributed by atoms with Gasteiger partial charge in [-0.2, -0.15) is 5.26 Å². The highest BCUT2D eigenvalue weighted by Gasteiger charge is 1.98. The van der Waals surface area contributed by atoms with Gasteiger partial charge < -0.3 is 0 Å². The summed E-state index contributed by atoms with van der Waals surface area (Å²) >= 11 is 0. The standard InChI is InChI=1S/C10H10N2/c1-8(6-11)9(2)10-4-3-5-12-7-10/h3-5,7H,1-2H3/b9-8+. The second-order valence-corrected chi connectivity index (χ2v) is 2.60. The van der Waals surface area contributed by atoms with Gasteiger partial charge >= 0.3 is 0 Å². The lowest BCUT2D eigenvalue weighted by atomic mass is 10.1. The molecule has 0 aromatic carbocycles. The van der Waals surface area contributed by atoms with Gasteiger partial charge in [0, 0.05) is 18.0 Å². The van der Waals surface area contributed by atoms with Crippen LogP contribution in [-0.2, 0) is 0 Å². The van der Waals surface area contributed by atoms with Crippen molar-refractivity contribution in [3.8, 4) is 6.07 Å². The zero-order valence-electron chi connectivity index (χ0n) is 7.20. The molecular weight excluding hydrogens is 148 g/mol. The first-order valence-corrected chi connectivity index (χ1v) is 3.73. The number of pyridine rings is 1. The summed E-state index contributed by atoms with van der Waals surface area (Å²) in [5, 5.41) is 8.64. The summed E-state index contributed by atoms with van der Waals surface area (Å²) in [6.07, 6.45) is 3.48. The maximum Gasteiger partial charge on any atom is 0.0947 e. The third-order valence-corrected chi connectivity index (χ3v) is 1.82. The number of nitriles is 1. The van der Waals surface area contributed by atoms with Gasteiger partial charge in [0.1, 0.15) is 0 Å². The maximum atomic E-state index is 8.64. The number of hydrogen-bond donors (Lipinski definition) is 0. The van der Waals surface area contributed by atoms with Crippen molar-refractivity contribution >= 4 is 5.57 Å². The minimum atomic E-state index is 0.739. The van der Waals surface area contributed by atoms with E-state index >= 15 is 0 Å². The average molecular weight is 158 g/mol. The molecule has 0 aliphatic carbocycles. The summed E-state index contributed by atoms with van der Waals surface area (Å²) in [5.74, 6) is 0. The largest absolute Gasteiger partial charge is 0.264 e. The monoisotopic (exact) mass is 158 g/mol.